The number of hydrogen-bond acceptors (Lipinski definition) is 5. The van der Waals surface area contributed by atoms with Gasteiger partial charge in [0.15, 0.2) is 0 Å². The van der Waals surface area contributed by atoms with Gasteiger partial charge < -0.3 is 14.5 Å². The van der Waals surface area contributed by atoms with Crippen molar-refractivity contribution in [3.8, 4) is 0 Å². The first kappa shape index (κ1) is 16.2. The molecule has 2 aliphatic rings. The Morgan fingerprint density at radius 2 is 1.91 bits per heavy atom. The van der Waals surface area contributed by atoms with E-state index in [9.17, 15) is 4.79 Å². The van der Waals surface area contributed by atoms with Gasteiger partial charge in [0.25, 0.3) is 0 Å². The van der Waals surface area contributed by atoms with Gasteiger partial charge in [0.1, 0.15) is 0 Å². The fraction of sp³-hybridized carbons (Fsp3) is 0.706. The second kappa shape index (κ2) is 6.83. The van der Waals surface area contributed by atoms with Gasteiger partial charge in [-0.2, -0.15) is 0 Å². The van der Waals surface area contributed by atoms with E-state index in [1.165, 1.54) is 0 Å². The van der Waals surface area contributed by atoms with E-state index in [2.05, 4.69) is 26.7 Å². The van der Waals surface area contributed by atoms with Crippen LogP contribution < -0.4 is 4.90 Å². The lowest BCUT2D eigenvalue weighted by Gasteiger charge is -2.45. The summed E-state index contributed by atoms with van der Waals surface area (Å²) in [4.78, 5) is 25.5. The van der Waals surface area contributed by atoms with Crippen molar-refractivity contribution in [1.82, 2.24) is 14.9 Å². The van der Waals surface area contributed by atoms with Gasteiger partial charge in [0.2, 0.25) is 11.9 Å². The van der Waals surface area contributed by atoms with Gasteiger partial charge >= 0.3 is 0 Å². The average Bonchev–Trinajstić information content (AvgIpc) is 2.90. The van der Waals surface area contributed by atoms with E-state index in [0.717, 1.165) is 50.3 Å². The third kappa shape index (κ3) is 3.17. The van der Waals surface area contributed by atoms with Crippen LogP contribution in [0.3, 0.4) is 0 Å². The molecule has 6 heteroatoms. The smallest absolute Gasteiger partial charge is 0.225 e. The number of nitrogens with zero attached hydrogens (tertiary/aromatic N) is 4. The van der Waals surface area contributed by atoms with Gasteiger partial charge in [-0.3, -0.25) is 4.79 Å². The Kier molecular flexibility index (Phi) is 4.80. The number of ether oxygens (including phenoxy) is 1. The van der Waals surface area contributed by atoms with Crippen LogP contribution in [0, 0.1) is 0 Å². The van der Waals surface area contributed by atoms with Crippen molar-refractivity contribution >= 4 is 11.9 Å². The number of methoxy groups -OCH3 is 1. The first-order chi connectivity index (χ1) is 11.2. The van der Waals surface area contributed by atoms with E-state index >= 15 is 0 Å². The molecular formula is C17H26N4O2. The van der Waals surface area contributed by atoms with E-state index in [4.69, 9.17) is 4.74 Å². The van der Waals surface area contributed by atoms with Crippen molar-refractivity contribution in [2.75, 3.05) is 38.3 Å². The van der Waals surface area contributed by atoms with Crippen molar-refractivity contribution in [2.45, 2.75) is 44.6 Å². The molecule has 1 aromatic rings. The molecule has 0 unspecified atom stereocenters. The minimum atomic E-state index is 0.0233. The second-order valence-corrected chi connectivity index (χ2v) is 6.49. The summed E-state index contributed by atoms with van der Waals surface area (Å²) < 4.78 is 5.17. The molecule has 0 aromatic carbocycles. The number of likely N-dealkylation sites (tertiary alicyclic amines) is 1. The molecule has 23 heavy (non-hydrogen) atoms. The average molecular weight is 318 g/mol. The summed E-state index contributed by atoms with van der Waals surface area (Å²) in [6, 6.07) is 0. The number of carbonyl (C=O) groups excluding carboxylic acids is 1. The lowest BCUT2D eigenvalue weighted by molar-refractivity contribution is -0.132. The van der Waals surface area contributed by atoms with Crippen LogP contribution in [0.15, 0.2) is 12.4 Å². The molecule has 2 aliphatic heterocycles. The highest BCUT2D eigenvalue weighted by Gasteiger charge is 2.46. The second-order valence-electron chi connectivity index (χ2n) is 6.49. The molecule has 0 radical (unpaired) electrons. The molecule has 0 saturated carbocycles. The lowest BCUT2D eigenvalue weighted by Crippen LogP contribution is -2.54. The number of anilines is 1. The van der Waals surface area contributed by atoms with Gasteiger partial charge in [-0.15, -0.1) is 0 Å². The van der Waals surface area contributed by atoms with Gasteiger partial charge in [0.05, 0.1) is 6.61 Å². The number of piperidine rings is 1. The van der Waals surface area contributed by atoms with Gasteiger partial charge in [-0.05, 0) is 31.2 Å². The molecule has 0 aliphatic carbocycles. The van der Waals surface area contributed by atoms with Gasteiger partial charge in [0, 0.05) is 51.1 Å². The first-order valence-electron chi connectivity index (χ1n) is 8.54. The Morgan fingerprint density at radius 1 is 1.22 bits per heavy atom. The Labute approximate surface area is 137 Å². The molecule has 2 fully saturated rings. The third-order valence-electron chi connectivity index (χ3n) is 5.27. The summed E-state index contributed by atoms with van der Waals surface area (Å²) in [6.07, 6.45) is 8.40. The van der Waals surface area contributed by atoms with Crippen LogP contribution in [0.4, 0.5) is 5.95 Å². The number of aromatic nitrogens is 2. The first-order valence-corrected chi connectivity index (χ1v) is 8.54. The summed E-state index contributed by atoms with van der Waals surface area (Å²) in [5.74, 6) is 1.09. The van der Waals surface area contributed by atoms with Crippen molar-refractivity contribution in [2.24, 2.45) is 0 Å². The molecule has 126 valence electrons. The van der Waals surface area contributed by atoms with Gasteiger partial charge in [-0.25, -0.2) is 9.97 Å². The van der Waals surface area contributed by atoms with E-state index in [-0.39, 0.29) is 11.4 Å². The van der Waals surface area contributed by atoms with Crippen LogP contribution in [0.2, 0.25) is 0 Å². The van der Waals surface area contributed by atoms with Crippen molar-refractivity contribution in [3.63, 3.8) is 0 Å². The summed E-state index contributed by atoms with van der Waals surface area (Å²) in [7, 11) is 1.69. The van der Waals surface area contributed by atoms with Crippen LogP contribution in [0.5, 0.6) is 0 Å². The summed E-state index contributed by atoms with van der Waals surface area (Å²) in [6.45, 7) is 5.23. The zero-order chi connectivity index (χ0) is 16.3. The zero-order valence-corrected chi connectivity index (χ0v) is 14.1. The molecule has 0 N–H and O–H groups in total. The molecule has 0 bridgehead atoms. The molecule has 6 nitrogen and oxygen atoms in total. The standard InChI is InChI=1S/C17H26N4O2/c1-3-14-12-18-16(19-13-14)20-8-6-17(7-9-20)5-4-15(22)21(17)10-11-23-2/h12-13H,3-11H2,1-2H3. The molecule has 1 spiro atoms. The maximum Gasteiger partial charge on any atom is 0.225 e. The fourth-order valence-corrected chi connectivity index (χ4v) is 3.76. The molecule has 1 amide bonds. The quantitative estimate of drug-likeness (QED) is 0.826. The Bertz CT molecular complexity index is 538. The Hall–Kier alpha value is -1.69. The summed E-state index contributed by atoms with van der Waals surface area (Å²) >= 11 is 0. The van der Waals surface area contributed by atoms with E-state index < -0.39 is 0 Å². The predicted molar refractivity (Wildman–Crippen MR) is 88.4 cm³/mol. The van der Waals surface area contributed by atoms with Crippen LogP contribution >= 0.6 is 0 Å². The highest BCUT2D eigenvalue weighted by Crippen LogP contribution is 2.39. The summed E-state index contributed by atoms with van der Waals surface area (Å²) in [5.41, 5.74) is 1.18. The number of aryl methyl sites for hydroxylation is 1. The summed E-state index contributed by atoms with van der Waals surface area (Å²) in [5, 5.41) is 0. The van der Waals surface area contributed by atoms with Crippen LogP contribution in [-0.2, 0) is 16.0 Å². The topological polar surface area (TPSA) is 58.6 Å². The maximum absolute atomic E-state index is 12.2. The van der Waals surface area contributed by atoms with Crippen molar-refractivity contribution in [3.05, 3.63) is 18.0 Å². The van der Waals surface area contributed by atoms with Gasteiger partial charge in [-0.1, -0.05) is 6.92 Å². The lowest BCUT2D eigenvalue weighted by atomic mass is 9.85. The zero-order valence-electron chi connectivity index (χ0n) is 14.1. The van der Waals surface area contributed by atoms with E-state index in [0.29, 0.717) is 19.6 Å². The van der Waals surface area contributed by atoms with E-state index in [1.54, 1.807) is 7.11 Å². The maximum atomic E-state index is 12.2. The van der Waals surface area contributed by atoms with E-state index in [1.807, 2.05) is 12.4 Å². The van der Waals surface area contributed by atoms with Crippen LogP contribution in [-0.4, -0.2) is 59.7 Å². The molecular weight excluding hydrogens is 292 g/mol. The predicted octanol–water partition coefficient (Wildman–Crippen LogP) is 1.65. The molecule has 2 saturated heterocycles. The van der Waals surface area contributed by atoms with Crippen molar-refractivity contribution in [1.29, 1.82) is 0 Å². The number of hydrogen-bond donors (Lipinski definition) is 0. The number of amides is 1. The highest BCUT2D eigenvalue weighted by atomic mass is 16.5. The minimum absolute atomic E-state index is 0.0233. The van der Waals surface area contributed by atoms with Crippen molar-refractivity contribution < 1.29 is 9.53 Å². The SMILES string of the molecule is CCc1cnc(N2CCC3(CCC(=O)N3CCOC)CC2)nc1. The molecule has 0 atom stereocenters. The molecule has 1 aromatic heterocycles. The largest absolute Gasteiger partial charge is 0.383 e. The Balaban J connectivity index is 1.65. The third-order valence-corrected chi connectivity index (χ3v) is 5.27. The van der Waals surface area contributed by atoms with Crippen LogP contribution in [0.1, 0.15) is 38.2 Å². The molecule has 3 rings (SSSR count). The normalized spacial score (nSPS) is 20.5. The Morgan fingerprint density at radius 3 is 2.52 bits per heavy atom. The minimum Gasteiger partial charge on any atom is -0.383 e. The number of carbonyl (C=O) groups is 1. The number of rotatable bonds is 5. The highest BCUT2D eigenvalue weighted by molar-refractivity contribution is 5.79. The fourth-order valence-electron chi connectivity index (χ4n) is 3.76. The van der Waals surface area contributed by atoms with Crippen LogP contribution in [0.25, 0.3) is 0 Å². The monoisotopic (exact) mass is 318 g/mol. The molecule has 3 heterocycles.